The van der Waals surface area contributed by atoms with E-state index in [4.69, 9.17) is 21.4 Å². The Morgan fingerprint density at radius 3 is 2.35 bits per heavy atom. The molecule has 0 unspecified atom stereocenters. The van der Waals surface area contributed by atoms with Gasteiger partial charge in [-0.05, 0) is 56.5 Å². The van der Waals surface area contributed by atoms with E-state index in [1.165, 1.54) is 0 Å². The number of carboxylic acid groups (broad SMARTS) is 1. The number of benzene rings is 1. The summed E-state index contributed by atoms with van der Waals surface area (Å²) in [5.41, 5.74) is 1.85. The first-order valence-corrected chi connectivity index (χ1v) is 9.32. The third-order valence-electron chi connectivity index (χ3n) is 4.85. The maximum Gasteiger partial charge on any atom is 0.317 e. The van der Waals surface area contributed by atoms with Crippen LogP contribution in [0.3, 0.4) is 0 Å². The number of aliphatic carboxylic acids is 1. The van der Waals surface area contributed by atoms with Gasteiger partial charge in [-0.3, -0.25) is 14.5 Å². The van der Waals surface area contributed by atoms with Crippen molar-refractivity contribution >= 4 is 23.5 Å². The van der Waals surface area contributed by atoms with E-state index in [0.29, 0.717) is 30.4 Å². The second kappa shape index (κ2) is 9.24. The Kier molecular flexibility index (Phi) is 7.29. The van der Waals surface area contributed by atoms with E-state index in [0.717, 1.165) is 24.0 Å². The Morgan fingerprint density at radius 2 is 1.85 bits per heavy atom. The highest BCUT2D eigenvalue weighted by molar-refractivity contribution is 6.32. The number of hydrogen-bond donors (Lipinski definition) is 1. The average Bonchev–Trinajstić information content (AvgIpc) is 2.62. The van der Waals surface area contributed by atoms with Gasteiger partial charge >= 0.3 is 5.97 Å². The molecule has 0 atom stereocenters. The summed E-state index contributed by atoms with van der Waals surface area (Å²) in [6, 6.07) is 3.88. The number of aryl methyl sites for hydroxylation is 2. The highest BCUT2D eigenvalue weighted by Crippen LogP contribution is 2.26. The molecule has 0 radical (unpaired) electrons. The van der Waals surface area contributed by atoms with Crippen LogP contribution in [0.1, 0.15) is 30.9 Å². The number of likely N-dealkylation sites (N-methyl/N-ethyl adjacent to an activating group) is 1. The van der Waals surface area contributed by atoms with Crippen LogP contribution in [-0.2, 0) is 9.59 Å². The van der Waals surface area contributed by atoms with E-state index in [1.807, 2.05) is 37.8 Å². The van der Waals surface area contributed by atoms with E-state index in [1.54, 1.807) is 4.90 Å². The molecule has 0 aliphatic carbocycles. The summed E-state index contributed by atoms with van der Waals surface area (Å²) in [5.74, 6) is -0.214. The first kappa shape index (κ1) is 20.5. The number of piperidine rings is 1. The van der Waals surface area contributed by atoms with Crippen LogP contribution < -0.4 is 4.74 Å². The zero-order valence-corrected chi connectivity index (χ0v) is 16.4. The van der Waals surface area contributed by atoms with Crippen molar-refractivity contribution in [2.24, 2.45) is 0 Å². The summed E-state index contributed by atoms with van der Waals surface area (Å²) in [5, 5.41) is 9.70. The van der Waals surface area contributed by atoms with Gasteiger partial charge in [0, 0.05) is 24.2 Å². The molecule has 1 N–H and O–H groups in total. The molecule has 6 nitrogen and oxygen atoms in total. The molecule has 0 bridgehead atoms. The maximum absolute atomic E-state index is 12.4. The smallest absolute Gasteiger partial charge is 0.317 e. The van der Waals surface area contributed by atoms with E-state index >= 15 is 0 Å². The predicted molar refractivity (Wildman–Crippen MR) is 101 cm³/mol. The fourth-order valence-electron chi connectivity index (χ4n) is 3.38. The lowest BCUT2D eigenvalue weighted by Gasteiger charge is -2.37. The van der Waals surface area contributed by atoms with Crippen LogP contribution in [0.4, 0.5) is 0 Å². The molecule has 1 aromatic carbocycles. The Bertz CT molecular complexity index is 634. The van der Waals surface area contributed by atoms with Crippen molar-refractivity contribution in [2.75, 3.05) is 32.8 Å². The number of carbonyl (C=O) groups is 2. The Morgan fingerprint density at radius 1 is 1.27 bits per heavy atom. The molecule has 2 rings (SSSR count). The molecule has 1 fully saturated rings. The van der Waals surface area contributed by atoms with Gasteiger partial charge in [0.2, 0.25) is 0 Å². The SMILES string of the molecule is CCN(CC(=O)O)C1CCN(C(=O)COc2cc(C)c(Cl)c(C)c2)CC1. The molecule has 0 spiro atoms. The molecule has 7 heteroatoms. The van der Waals surface area contributed by atoms with Crippen molar-refractivity contribution < 1.29 is 19.4 Å². The number of ether oxygens (including phenoxy) is 1. The van der Waals surface area contributed by atoms with Gasteiger partial charge in [0.05, 0.1) is 6.54 Å². The van der Waals surface area contributed by atoms with Gasteiger partial charge in [0.1, 0.15) is 5.75 Å². The highest BCUT2D eigenvalue weighted by atomic mass is 35.5. The number of rotatable bonds is 7. The molecular formula is C19H27ClN2O4. The van der Waals surface area contributed by atoms with E-state index in [-0.39, 0.29) is 25.1 Å². The van der Waals surface area contributed by atoms with Crippen molar-refractivity contribution in [3.8, 4) is 5.75 Å². The number of amides is 1. The zero-order chi connectivity index (χ0) is 19.3. The lowest BCUT2D eigenvalue weighted by molar-refractivity contribution is -0.140. The zero-order valence-electron chi connectivity index (χ0n) is 15.6. The van der Waals surface area contributed by atoms with Gasteiger partial charge in [-0.25, -0.2) is 0 Å². The van der Waals surface area contributed by atoms with Crippen LogP contribution in [-0.4, -0.2) is 65.6 Å². The summed E-state index contributed by atoms with van der Waals surface area (Å²) in [6.45, 7) is 7.78. The molecule has 1 heterocycles. The molecule has 1 aliphatic heterocycles. The summed E-state index contributed by atoms with van der Waals surface area (Å²) >= 11 is 6.15. The van der Waals surface area contributed by atoms with E-state index in [2.05, 4.69) is 0 Å². The molecule has 26 heavy (non-hydrogen) atoms. The van der Waals surface area contributed by atoms with Gasteiger partial charge in [-0.15, -0.1) is 0 Å². The highest BCUT2D eigenvalue weighted by Gasteiger charge is 2.27. The maximum atomic E-state index is 12.4. The minimum atomic E-state index is -0.813. The predicted octanol–water partition coefficient (Wildman–Crippen LogP) is 2.73. The van der Waals surface area contributed by atoms with E-state index in [9.17, 15) is 9.59 Å². The van der Waals surface area contributed by atoms with E-state index < -0.39 is 5.97 Å². The van der Waals surface area contributed by atoms with Crippen LogP contribution >= 0.6 is 11.6 Å². The lowest BCUT2D eigenvalue weighted by atomic mass is 10.0. The Balaban J connectivity index is 1.84. The first-order chi connectivity index (χ1) is 12.3. The quantitative estimate of drug-likeness (QED) is 0.785. The van der Waals surface area contributed by atoms with Crippen LogP contribution in [0.25, 0.3) is 0 Å². The third kappa shape index (κ3) is 5.35. The standard InChI is InChI=1S/C19H27ClN2O4/c1-4-21(11-18(24)25)15-5-7-22(8-6-15)17(23)12-26-16-9-13(2)19(20)14(3)10-16/h9-10,15H,4-8,11-12H2,1-3H3,(H,24,25). The van der Waals surface area contributed by atoms with Crippen LogP contribution in [0, 0.1) is 13.8 Å². The average molecular weight is 383 g/mol. The van der Waals surface area contributed by atoms with Crippen LogP contribution in [0.5, 0.6) is 5.75 Å². The number of carbonyl (C=O) groups excluding carboxylic acids is 1. The van der Waals surface area contributed by atoms with Crippen LogP contribution in [0.15, 0.2) is 12.1 Å². The number of halogens is 1. The molecule has 0 aromatic heterocycles. The molecule has 1 amide bonds. The number of carboxylic acids is 1. The number of hydrogen-bond acceptors (Lipinski definition) is 4. The largest absolute Gasteiger partial charge is 0.484 e. The van der Waals surface area contributed by atoms with Crippen molar-refractivity contribution in [1.29, 1.82) is 0 Å². The van der Waals surface area contributed by atoms with Crippen LogP contribution in [0.2, 0.25) is 5.02 Å². The van der Waals surface area contributed by atoms with Gasteiger partial charge in [0.15, 0.2) is 6.61 Å². The molecule has 1 aromatic rings. The van der Waals surface area contributed by atoms with Gasteiger partial charge in [0.25, 0.3) is 5.91 Å². The fourth-order valence-corrected chi connectivity index (χ4v) is 3.49. The monoisotopic (exact) mass is 382 g/mol. The van der Waals surface area contributed by atoms with Crippen molar-refractivity contribution in [1.82, 2.24) is 9.80 Å². The minimum absolute atomic E-state index is 0.00219. The van der Waals surface area contributed by atoms with Crippen molar-refractivity contribution in [2.45, 2.75) is 39.7 Å². The van der Waals surface area contributed by atoms with Gasteiger partial charge in [-0.1, -0.05) is 18.5 Å². The van der Waals surface area contributed by atoms with Crippen molar-refractivity contribution in [3.63, 3.8) is 0 Å². The molecule has 1 aliphatic rings. The topological polar surface area (TPSA) is 70.1 Å². The summed E-state index contributed by atoms with van der Waals surface area (Å²) in [4.78, 5) is 27.1. The number of likely N-dealkylation sites (tertiary alicyclic amines) is 1. The molecular weight excluding hydrogens is 356 g/mol. The molecule has 144 valence electrons. The normalized spacial score (nSPS) is 15.3. The number of nitrogens with zero attached hydrogens (tertiary/aromatic N) is 2. The Hall–Kier alpha value is -1.79. The van der Waals surface area contributed by atoms with Gasteiger partial charge in [-0.2, -0.15) is 0 Å². The minimum Gasteiger partial charge on any atom is -0.484 e. The third-order valence-corrected chi connectivity index (χ3v) is 5.45. The lowest BCUT2D eigenvalue weighted by Crippen LogP contribution is -2.49. The second-order valence-electron chi connectivity index (χ2n) is 6.73. The first-order valence-electron chi connectivity index (χ1n) is 8.95. The Labute approximate surface area is 159 Å². The second-order valence-corrected chi connectivity index (χ2v) is 7.11. The molecule has 1 saturated heterocycles. The summed E-state index contributed by atoms with van der Waals surface area (Å²) in [7, 11) is 0. The summed E-state index contributed by atoms with van der Waals surface area (Å²) < 4.78 is 5.65. The van der Waals surface area contributed by atoms with Crippen molar-refractivity contribution in [3.05, 3.63) is 28.3 Å². The molecule has 0 saturated carbocycles. The fraction of sp³-hybridized carbons (Fsp3) is 0.579. The summed E-state index contributed by atoms with van der Waals surface area (Å²) in [6.07, 6.45) is 1.57. The van der Waals surface area contributed by atoms with Gasteiger partial charge < -0.3 is 14.7 Å².